The summed E-state index contributed by atoms with van der Waals surface area (Å²) in [6.07, 6.45) is 2.26. The normalized spacial score (nSPS) is 14.9. The second kappa shape index (κ2) is 9.91. The number of hydrogen-bond donors (Lipinski definition) is 2. The van der Waals surface area contributed by atoms with Crippen molar-refractivity contribution in [2.75, 3.05) is 18.8 Å². The molecule has 1 aliphatic heterocycles. The number of carbonyl (C=O) groups excluding carboxylic acids is 1. The molecule has 7 nitrogen and oxygen atoms in total. The number of hydrogen-bond acceptors (Lipinski definition) is 6. The maximum absolute atomic E-state index is 12.9. The third-order valence-electron chi connectivity index (χ3n) is 4.60. The van der Waals surface area contributed by atoms with Crippen LogP contribution in [0.25, 0.3) is 0 Å². The lowest BCUT2D eigenvalue weighted by Gasteiger charge is -2.21. The minimum atomic E-state index is -3.88. The minimum absolute atomic E-state index is 0.0534. The summed E-state index contributed by atoms with van der Waals surface area (Å²) in [5.74, 6) is 1.51. The molecule has 2 aromatic rings. The van der Waals surface area contributed by atoms with Gasteiger partial charge in [0.15, 0.2) is 11.5 Å². The molecule has 2 aromatic carbocycles. The summed E-state index contributed by atoms with van der Waals surface area (Å²) in [5.41, 5.74) is 0.830. The monoisotopic (exact) mass is 470 g/mol. The highest BCUT2D eigenvalue weighted by Crippen LogP contribution is 2.34. The maximum atomic E-state index is 12.9. The van der Waals surface area contributed by atoms with Gasteiger partial charge in [0.2, 0.25) is 22.7 Å². The zero-order chi connectivity index (χ0) is 21.7. The van der Waals surface area contributed by atoms with Gasteiger partial charge in [-0.1, -0.05) is 17.7 Å². The molecule has 1 heterocycles. The minimum Gasteiger partial charge on any atom is -0.454 e. The first-order valence-electron chi connectivity index (χ1n) is 9.27. The quantitative estimate of drug-likeness (QED) is 0.583. The van der Waals surface area contributed by atoms with Crippen LogP contribution < -0.4 is 19.5 Å². The maximum Gasteiger partial charge on any atom is 0.241 e. The van der Waals surface area contributed by atoms with Crippen LogP contribution in [0.3, 0.4) is 0 Å². The highest BCUT2D eigenvalue weighted by Gasteiger charge is 2.27. The van der Waals surface area contributed by atoms with Crippen LogP contribution in [-0.2, 0) is 14.8 Å². The van der Waals surface area contributed by atoms with E-state index in [2.05, 4.69) is 10.0 Å². The Labute approximate surface area is 185 Å². The molecule has 0 saturated carbocycles. The van der Waals surface area contributed by atoms with Crippen LogP contribution in [0, 0.1) is 0 Å². The van der Waals surface area contributed by atoms with Crippen molar-refractivity contribution in [1.29, 1.82) is 0 Å². The Morgan fingerprint density at radius 1 is 1.17 bits per heavy atom. The van der Waals surface area contributed by atoms with Gasteiger partial charge in [-0.15, -0.1) is 0 Å². The van der Waals surface area contributed by atoms with Crippen LogP contribution in [0.4, 0.5) is 0 Å². The van der Waals surface area contributed by atoms with Gasteiger partial charge >= 0.3 is 0 Å². The van der Waals surface area contributed by atoms with Crippen molar-refractivity contribution >= 4 is 39.3 Å². The molecule has 2 atom stereocenters. The SMILES string of the molecule is CSCC[C@H](NS(=O)(=O)c1ccc(Cl)cc1)C(=O)N[C@@H](C)c1ccc2c(c1)OCO2. The van der Waals surface area contributed by atoms with Crippen LogP contribution >= 0.6 is 23.4 Å². The van der Waals surface area contributed by atoms with Crippen LogP contribution in [0.1, 0.15) is 24.9 Å². The van der Waals surface area contributed by atoms with E-state index in [-0.39, 0.29) is 17.7 Å². The standard InChI is InChI=1S/C20H23ClN2O5S2/c1-13(14-3-8-18-19(11-14)28-12-27-18)22-20(24)17(9-10-29-2)23-30(25,26)16-6-4-15(21)5-7-16/h3-8,11,13,17,23H,9-10,12H2,1-2H3,(H,22,24)/t13-,17-/m0/s1. The number of sulfonamides is 1. The molecule has 0 aromatic heterocycles. The van der Waals surface area contributed by atoms with E-state index in [0.717, 1.165) is 5.56 Å². The molecular formula is C20H23ClN2O5S2. The number of rotatable bonds is 9. The Kier molecular flexibility index (Phi) is 7.51. The second-order valence-electron chi connectivity index (χ2n) is 6.75. The van der Waals surface area contributed by atoms with Crippen molar-refractivity contribution in [2.24, 2.45) is 0 Å². The van der Waals surface area contributed by atoms with E-state index in [1.54, 1.807) is 6.07 Å². The third kappa shape index (κ3) is 5.60. The summed E-state index contributed by atoms with van der Waals surface area (Å²) < 4.78 is 38.7. The smallest absolute Gasteiger partial charge is 0.241 e. The lowest BCUT2D eigenvalue weighted by molar-refractivity contribution is -0.123. The first kappa shape index (κ1) is 22.7. The number of thioether (sulfide) groups is 1. The summed E-state index contributed by atoms with van der Waals surface area (Å²) in [7, 11) is -3.88. The van der Waals surface area contributed by atoms with Crippen molar-refractivity contribution in [1.82, 2.24) is 10.0 Å². The molecule has 2 N–H and O–H groups in total. The van der Waals surface area contributed by atoms with Crippen LogP contribution in [0.15, 0.2) is 47.4 Å². The number of halogens is 1. The van der Waals surface area contributed by atoms with E-state index in [1.807, 2.05) is 25.3 Å². The van der Waals surface area contributed by atoms with Gasteiger partial charge in [0.05, 0.1) is 10.9 Å². The molecule has 10 heteroatoms. The van der Waals surface area contributed by atoms with Crippen LogP contribution in [0.2, 0.25) is 5.02 Å². The predicted octanol–water partition coefficient (Wildman–Crippen LogP) is 3.35. The van der Waals surface area contributed by atoms with Gasteiger partial charge in [0.25, 0.3) is 0 Å². The molecule has 0 aliphatic carbocycles. The highest BCUT2D eigenvalue weighted by atomic mass is 35.5. The fourth-order valence-electron chi connectivity index (χ4n) is 2.93. The lowest BCUT2D eigenvalue weighted by atomic mass is 10.1. The first-order chi connectivity index (χ1) is 14.3. The van der Waals surface area contributed by atoms with Gasteiger partial charge in [-0.25, -0.2) is 8.42 Å². The zero-order valence-corrected chi connectivity index (χ0v) is 18.9. The molecule has 0 unspecified atom stereocenters. The molecule has 0 saturated heterocycles. The van der Waals surface area contributed by atoms with Crippen LogP contribution in [0.5, 0.6) is 11.5 Å². The fraction of sp³-hybridized carbons (Fsp3) is 0.350. The van der Waals surface area contributed by atoms with Crippen LogP contribution in [-0.4, -0.2) is 39.2 Å². The summed E-state index contributed by atoms with van der Waals surface area (Å²) in [4.78, 5) is 13.0. The highest BCUT2D eigenvalue weighted by molar-refractivity contribution is 7.98. The molecule has 0 bridgehead atoms. The summed E-state index contributed by atoms with van der Waals surface area (Å²) >= 11 is 7.38. The van der Waals surface area contributed by atoms with Gasteiger partial charge in [-0.3, -0.25) is 4.79 Å². The number of nitrogens with one attached hydrogen (secondary N) is 2. The number of amides is 1. The molecule has 1 aliphatic rings. The Morgan fingerprint density at radius 2 is 1.87 bits per heavy atom. The number of carbonyl (C=O) groups is 1. The molecule has 3 rings (SSSR count). The van der Waals surface area contributed by atoms with Crippen molar-refractivity contribution in [3.8, 4) is 11.5 Å². The summed E-state index contributed by atoms with van der Waals surface area (Å²) in [6, 6.07) is 9.99. The molecule has 0 fully saturated rings. The zero-order valence-electron chi connectivity index (χ0n) is 16.6. The number of fused-ring (bicyclic) bond motifs is 1. The van der Waals surface area contributed by atoms with Crippen molar-refractivity contribution in [2.45, 2.75) is 30.3 Å². The summed E-state index contributed by atoms with van der Waals surface area (Å²) in [6.45, 7) is 2.00. The first-order valence-corrected chi connectivity index (χ1v) is 12.5. The lowest BCUT2D eigenvalue weighted by Crippen LogP contribution is -2.47. The van der Waals surface area contributed by atoms with Crippen molar-refractivity contribution < 1.29 is 22.7 Å². The van der Waals surface area contributed by atoms with Crippen molar-refractivity contribution in [3.63, 3.8) is 0 Å². The average Bonchev–Trinajstić information content (AvgIpc) is 3.19. The number of benzene rings is 2. The number of ether oxygens (including phenoxy) is 2. The van der Waals surface area contributed by atoms with E-state index in [4.69, 9.17) is 21.1 Å². The van der Waals surface area contributed by atoms with E-state index in [1.165, 1.54) is 36.0 Å². The Morgan fingerprint density at radius 3 is 2.57 bits per heavy atom. The molecular weight excluding hydrogens is 448 g/mol. The third-order valence-corrected chi connectivity index (χ3v) is 6.99. The molecule has 162 valence electrons. The van der Waals surface area contributed by atoms with Gasteiger partial charge < -0.3 is 14.8 Å². The molecule has 0 radical (unpaired) electrons. The predicted molar refractivity (Wildman–Crippen MR) is 118 cm³/mol. The average molecular weight is 471 g/mol. The van der Waals surface area contributed by atoms with E-state index in [9.17, 15) is 13.2 Å². The summed E-state index contributed by atoms with van der Waals surface area (Å²) in [5, 5.41) is 3.32. The largest absolute Gasteiger partial charge is 0.454 e. The molecule has 1 amide bonds. The van der Waals surface area contributed by atoms with Gasteiger partial charge in [0, 0.05) is 5.02 Å². The topological polar surface area (TPSA) is 93.7 Å². The fourth-order valence-corrected chi connectivity index (χ4v) is 4.76. The van der Waals surface area contributed by atoms with Gasteiger partial charge in [-0.2, -0.15) is 16.5 Å². The second-order valence-corrected chi connectivity index (χ2v) is 9.89. The molecule has 0 spiro atoms. The van der Waals surface area contributed by atoms with E-state index in [0.29, 0.717) is 28.7 Å². The van der Waals surface area contributed by atoms with E-state index >= 15 is 0 Å². The Hall–Kier alpha value is -1.94. The molecule has 30 heavy (non-hydrogen) atoms. The van der Waals surface area contributed by atoms with Gasteiger partial charge in [-0.05, 0) is 67.3 Å². The van der Waals surface area contributed by atoms with Crippen molar-refractivity contribution in [3.05, 3.63) is 53.1 Å². The van der Waals surface area contributed by atoms with Gasteiger partial charge in [0.1, 0.15) is 6.04 Å². The van der Waals surface area contributed by atoms with E-state index < -0.39 is 22.0 Å². The Bertz CT molecular complexity index is 999. The Balaban J connectivity index is 1.72.